The summed E-state index contributed by atoms with van der Waals surface area (Å²) in [5.74, 6) is 2.07. The van der Waals surface area contributed by atoms with E-state index in [1.807, 2.05) is 6.92 Å². The quantitative estimate of drug-likeness (QED) is 0.404. The molecular formula is C21H36N4O. The highest BCUT2D eigenvalue weighted by molar-refractivity contribution is 5.77. The number of nitrogens with two attached hydrogens (primary N) is 1. The Morgan fingerprint density at radius 3 is 2.62 bits per heavy atom. The number of guanidine groups is 1. The highest BCUT2D eigenvalue weighted by Gasteiger charge is 2.22. The van der Waals surface area contributed by atoms with Gasteiger partial charge in [-0.2, -0.15) is 0 Å². The van der Waals surface area contributed by atoms with E-state index >= 15 is 0 Å². The van der Waals surface area contributed by atoms with Crippen molar-refractivity contribution in [2.45, 2.75) is 46.7 Å². The molecule has 5 nitrogen and oxygen atoms in total. The summed E-state index contributed by atoms with van der Waals surface area (Å²) in [6.07, 6.45) is 2.28. The summed E-state index contributed by atoms with van der Waals surface area (Å²) >= 11 is 0. The molecule has 0 amide bonds. The van der Waals surface area contributed by atoms with Gasteiger partial charge >= 0.3 is 0 Å². The molecule has 0 spiro atoms. The SMILES string of the molecule is CCOCCCNC(N)=NCc1ccccc1CN1CC(C)CC(C)C1. The molecular weight excluding hydrogens is 324 g/mol. The standard InChI is InChI=1S/C21H36N4O/c1-4-26-11-7-10-23-21(22)24-13-19-8-5-6-9-20(19)16-25-14-17(2)12-18(3)15-25/h5-6,8-9,17-18H,4,7,10-16H2,1-3H3,(H3,22,23,24). The summed E-state index contributed by atoms with van der Waals surface area (Å²) in [6, 6.07) is 8.59. The van der Waals surface area contributed by atoms with Crippen molar-refractivity contribution in [3.8, 4) is 0 Å². The molecule has 1 saturated heterocycles. The Labute approximate surface area is 159 Å². The lowest BCUT2D eigenvalue weighted by atomic mass is 9.91. The highest BCUT2D eigenvalue weighted by Crippen LogP contribution is 2.23. The molecule has 2 rings (SSSR count). The van der Waals surface area contributed by atoms with Crippen LogP contribution in [0, 0.1) is 11.8 Å². The number of aliphatic imine (C=N–C) groups is 1. The fourth-order valence-electron chi connectivity index (χ4n) is 3.79. The minimum atomic E-state index is 0.511. The number of piperidine rings is 1. The van der Waals surface area contributed by atoms with Gasteiger partial charge in [-0.1, -0.05) is 38.1 Å². The van der Waals surface area contributed by atoms with Gasteiger partial charge in [-0.05, 0) is 42.7 Å². The molecule has 146 valence electrons. The minimum Gasteiger partial charge on any atom is -0.382 e. The van der Waals surface area contributed by atoms with Crippen LogP contribution in [0.2, 0.25) is 0 Å². The first-order valence-electron chi connectivity index (χ1n) is 9.99. The second-order valence-corrected chi connectivity index (χ2v) is 7.59. The summed E-state index contributed by atoms with van der Waals surface area (Å²) in [5.41, 5.74) is 8.62. The lowest BCUT2D eigenvalue weighted by Gasteiger charge is -2.35. The Bertz CT molecular complexity index is 551. The normalized spacial score (nSPS) is 21.7. The predicted octanol–water partition coefficient (Wildman–Crippen LogP) is 3.00. The molecule has 1 heterocycles. The maximum atomic E-state index is 5.99. The summed E-state index contributed by atoms with van der Waals surface area (Å²) in [5, 5.41) is 3.16. The third kappa shape index (κ3) is 7.34. The zero-order chi connectivity index (χ0) is 18.8. The van der Waals surface area contributed by atoms with Crippen LogP contribution in [0.1, 0.15) is 44.7 Å². The van der Waals surface area contributed by atoms with E-state index in [1.165, 1.54) is 30.6 Å². The van der Waals surface area contributed by atoms with Gasteiger partial charge in [0.25, 0.3) is 0 Å². The smallest absolute Gasteiger partial charge is 0.188 e. The van der Waals surface area contributed by atoms with Gasteiger partial charge in [-0.25, -0.2) is 4.99 Å². The van der Waals surface area contributed by atoms with Gasteiger partial charge in [-0.15, -0.1) is 0 Å². The molecule has 0 aliphatic carbocycles. The number of hydrogen-bond donors (Lipinski definition) is 2. The molecule has 2 unspecified atom stereocenters. The van der Waals surface area contributed by atoms with Gasteiger partial charge in [-0.3, -0.25) is 4.90 Å². The van der Waals surface area contributed by atoms with Crippen molar-refractivity contribution in [2.24, 2.45) is 22.6 Å². The van der Waals surface area contributed by atoms with Crippen LogP contribution in [0.3, 0.4) is 0 Å². The van der Waals surface area contributed by atoms with Crippen LogP contribution in [0.5, 0.6) is 0 Å². The number of nitrogens with zero attached hydrogens (tertiary/aromatic N) is 2. The second-order valence-electron chi connectivity index (χ2n) is 7.59. The van der Waals surface area contributed by atoms with Crippen molar-refractivity contribution in [3.05, 3.63) is 35.4 Å². The maximum Gasteiger partial charge on any atom is 0.188 e. The fourth-order valence-corrected chi connectivity index (χ4v) is 3.79. The Morgan fingerprint density at radius 1 is 1.23 bits per heavy atom. The first kappa shape index (κ1) is 20.7. The van der Waals surface area contributed by atoms with Crippen LogP contribution in [0.25, 0.3) is 0 Å². The van der Waals surface area contributed by atoms with Gasteiger partial charge in [0.05, 0.1) is 6.54 Å². The zero-order valence-corrected chi connectivity index (χ0v) is 16.7. The van der Waals surface area contributed by atoms with Crippen molar-refractivity contribution in [2.75, 3.05) is 32.8 Å². The molecule has 0 saturated carbocycles. The van der Waals surface area contributed by atoms with E-state index in [-0.39, 0.29) is 0 Å². The monoisotopic (exact) mass is 360 g/mol. The van der Waals surface area contributed by atoms with Crippen LogP contribution < -0.4 is 11.1 Å². The Hall–Kier alpha value is -1.59. The zero-order valence-electron chi connectivity index (χ0n) is 16.7. The van der Waals surface area contributed by atoms with Crippen LogP contribution in [-0.4, -0.2) is 43.7 Å². The minimum absolute atomic E-state index is 0.511. The predicted molar refractivity (Wildman–Crippen MR) is 109 cm³/mol. The summed E-state index contributed by atoms with van der Waals surface area (Å²) < 4.78 is 5.32. The number of hydrogen-bond acceptors (Lipinski definition) is 3. The van der Waals surface area contributed by atoms with Gasteiger partial charge in [0.15, 0.2) is 5.96 Å². The molecule has 0 bridgehead atoms. The Kier molecular flexibility index (Phi) is 8.92. The third-order valence-corrected chi connectivity index (χ3v) is 4.85. The van der Waals surface area contributed by atoms with E-state index in [0.717, 1.165) is 44.6 Å². The van der Waals surface area contributed by atoms with Crippen molar-refractivity contribution < 1.29 is 4.74 Å². The number of rotatable bonds is 9. The van der Waals surface area contributed by atoms with E-state index in [9.17, 15) is 0 Å². The largest absolute Gasteiger partial charge is 0.382 e. The highest BCUT2D eigenvalue weighted by atomic mass is 16.5. The number of ether oxygens (including phenoxy) is 1. The van der Waals surface area contributed by atoms with Gasteiger partial charge in [0, 0.05) is 39.4 Å². The molecule has 5 heteroatoms. The number of benzene rings is 1. The maximum absolute atomic E-state index is 5.99. The molecule has 1 aliphatic rings. The molecule has 1 fully saturated rings. The molecule has 1 aliphatic heterocycles. The molecule has 26 heavy (non-hydrogen) atoms. The van der Waals surface area contributed by atoms with Crippen molar-refractivity contribution in [1.82, 2.24) is 10.2 Å². The molecule has 0 aromatic heterocycles. The van der Waals surface area contributed by atoms with Gasteiger partial charge in [0.2, 0.25) is 0 Å². The fraction of sp³-hybridized carbons (Fsp3) is 0.667. The van der Waals surface area contributed by atoms with Crippen LogP contribution >= 0.6 is 0 Å². The Morgan fingerprint density at radius 2 is 1.92 bits per heavy atom. The van der Waals surface area contributed by atoms with E-state index in [2.05, 4.69) is 53.3 Å². The van der Waals surface area contributed by atoms with Gasteiger partial charge in [0.1, 0.15) is 0 Å². The van der Waals surface area contributed by atoms with E-state index in [0.29, 0.717) is 12.5 Å². The van der Waals surface area contributed by atoms with Crippen molar-refractivity contribution in [3.63, 3.8) is 0 Å². The first-order chi connectivity index (χ1) is 12.6. The topological polar surface area (TPSA) is 62.9 Å². The molecule has 0 radical (unpaired) electrons. The average Bonchev–Trinajstić information content (AvgIpc) is 2.60. The molecule has 1 aromatic carbocycles. The number of likely N-dealkylation sites (tertiary alicyclic amines) is 1. The van der Waals surface area contributed by atoms with Crippen molar-refractivity contribution in [1.29, 1.82) is 0 Å². The van der Waals surface area contributed by atoms with Crippen molar-refractivity contribution >= 4 is 5.96 Å². The van der Waals surface area contributed by atoms with E-state index in [4.69, 9.17) is 10.5 Å². The number of nitrogens with one attached hydrogen (secondary N) is 1. The summed E-state index contributed by atoms with van der Waals surface area (Å²) in [7, 11) is 0. The van der Waals surface area contributed by atoms with Crippen LogP contribution in [0.4, 0.5) is 0 Å². The van der Waals surface area contributed by atoms with Crippen LogP contribution in [-0.2, 0) is 17.8 Å². The van der Waals surface area contributed by atoms with E-state index < -0.39 is 0 Å². The first-order valence-corrected chi connectivity index (χ1v) is 9.99. The molecule has 1 aromatic rings. The lowest BCUT2D eigenvalue weighted by Crippen LogP contribution is -2.38. The molecule has 2 atom stereocenters. The summed E-state index contributed by atoms with van der Waals surface area (Å²) in [4.78, 5) is 7.10. The Balaban J connectivity index is 1.86. The van der Waals surface area contributed by atoms with Gasteiger partial charge < -0.3 is 15.8 Å². The molecule has 3 N–H and O–H groups in total. The third-order valence-electron chi connectivity index (χ3n) is 4.85. The van der Waals surface area contributed by atoms with E-state index in [1.54, 1.807) is 0 Å². The van der Waals surface area contributed by atoms with Crippen LogP contribution in [0.15, 0.2) is 29.3 Å². The summed E-state index contributed by atoms with van der Waals surface area (Å²) in [6.45, 7) is 13.0. The second kappa shape index (κ2) is 11.2. The average molecular weight is 361 g/mol. The lowest BCUT2D eigenvalue weighted by molar-refractivity contribution is 0.134.